The molecule has 2 aliphatic carbocycles. The second-order valence-corrected chi connectivity index (χ2v) is 6.16. The van der Waals surface area contributed by atoms with Gasteiger partial charge in [0.25, 0.3) is 0 Å². The smallest absolute Gasteiger partial charge is 0.147 e. The Bertz CT molecular complexity index is 333. The number of ether oxygens (including phenoxy) is 2. The molecule has 1 fully saturated rings. The van der Waals surface area contributed by atoms with E-state index in [4.69, 9.17) is 9.47 Å². The molecule has 3 heteroatoms. The zero-order valence-electron chi connectivity index (χ0n) is 11.6. The second kappa shape index (κ2) is 5.54. The molecule has 0 amide bonds. The van der Waals surface area contributed by atoms with Crippen molar-refractivity contribution in [3.05, 3.63) is 11.6 Å². The summed E-state index contributed by atoms with van der Waals surface area (Å²) in [6.07, 6.45) is 7.64. The van der Waals surface area contributed by atoms with Crippen molar-refractivity contribution in [3.63, 3.8) is 0 Å². The summed E-state index contributed by atoms with van der Waals surface area (Å²) in [5, 5.41) is 0. The lowest BCUT2D eigenvalue weighted by molar-refractivity contribution is -0.125. The zero-order chi connectivity index (χ0) is 13.2. The van der Waals surface area contributed by atoms with Crippen LogP contribution in [0.25, 0.3) is 0 Å². The molecule has 0 aromatic rings. The Morgan fingerprint density at radius 1 is 1.44 bits per heavy atom. The van der Waals surface area contributed by atoms with Crippen LogP contribution < -0.4 is 0 Å². The van der Waals surface area contributed by atoms with Gasteiger partial charge in [0.2, 0.25) is 0 Å². The molecule has 0 saturated heterocycles. The largest absolute Gasteiger partial charge is 0.359 e. The van der Waals surface area contributed by atoms with Gasteiger partial charge in [-0.15, -0.1) is 0 Å². The van der Waals surface area contributed by atoms with Crippen molar-refractivity contribution in [2.45, 2.75) is 45.6 Å². The summed E-state index contributed by atoms with van der Waals surface area (Å²) in [5.74, 6) is 0.556. The molecule has 0 bridgehead atoms. The minimum absolute atomic E-state index is 0.00319. The number of carbonyl (C=O) groups excluding carboxylic acids is 1. The first-order chi connectivity index (χ1) is 8.60. The maximum absolute atomic E-state index is 11.2. The van der Waals surface area contributed by atoms with Gasteiger partial charge in [0.1, 0.15) is 13.1 Å². The molecular formula is C15H24O3. The maximum atomic E-state index is 11.2. The number of hydrogen-bond donors (Lipinski definition) is 0. The van der Waals surface area contributed by atoms with Gasteiger partial charge >= 0.3 is 0 Å². The van der Waals surface area contributed by atoms with Crippen molar-refractivity contribution in [2.24, 2.45) is 17.3 Å². The predicted octanol–water partition coefficient (Wildman–Crippen LogP) is 2.95. The van der Waals surface area contributed by atoms with E-state index < -0.39 is 0 Å². The van der Waals surface area contributed by atoms with E-state index in [1.54, 1.807) is 7.11 Å². The third-order valence-electron chi connectivity index (χ3n) is 4.56. The standard InChI is InChI=1S/C15H24O3/c1-15(2)8-4-5-12-13(15)7-6-11(9-16)14(12)18-10-17-3/h5,9,11,13-14H,4,6-8,10H2,1-3H3/t11-,13+,14-/m1/s1. The lowest BCUT2D eigenvalue weighted by Gasteiger charge is -2.46. The molecule has 0 spiro atoms. The molecule has 0 heterocycles. The lowest BCUT2D eigenvalue weighted by Crippen LogP contribution is -2.42. The van der Waals surface area contributed by atoms with Crippen LogP contribution >= 0.6 is 0 Å². The molecule has 0 aromatic heterocycles. The molecular weight excluding hydrogens is 228 g/mol. The number of rotatable bonds is 4. The van der Waals surface area contributed by atoms with Crippen LogP contribution in [0.4, 0.5) is 0 Å². The van der Waals surface area contributed by atoms with Gasteiger partial charge in [-0.1, -0.05) is 19.9 Å². The maximum Gasteiger partial charge on any atom is 0.147 e. The van der Waals surface area contributed by atoms with E-state index in [1.807, 2.05) is 0 Å². The van der Waals surface area contributed by atoms with Crippen LogP contribution in [0.15, 0.2) is 11.6 Å². The van der Waals surface area contributed by atoms with Gasteiger partial charge in [0.05, 0.1) is 6.10 Å². The molecule has 0 unspecified atom stereocenters. The van der Waals surface area contributed by atoms with Crippen LogP contribution in [0.3, 0.4) is 0 Å². The summed E-state index contributed by atoms with van der Waals surface area (Å²) in [4.78, 5) is 11.2. The third-order valence-corrected chi connectivity index (χ3v) is 4.56. The van der Waals surface area contributed by atoms with Gasteiger partial charge in [-0.05, 0) is 42.6 Å². The fourth-order valence-corrected chi connectivity index (χ4v) is 3.51. The normalized spacial score (nSPS) is 34.6. The highest BCUT2D eigenvalue weighted by molar-refractivity contribution is 5.56. The Labute approximate surface area is 110 Å². The van der Waals surface area contributed by atoms with Gasteiger partial charge < -0.3 is 14.3 Å². The zero-order valence-corrected chi connectivity index (χ0v) is 11.6. The van der Waals surface area contributed by atoms with Crippen LogP contribution in [0, 0.1) is 17.3 Å². The molecule has 3 nitrogen and oxygen atoms in total. The molecule has 102 valence electrons. The fourth-order valence-electron chi connectivity index (χ4n) is 3.51. The van der Waals surface area contributed by atoms with E-state index in [2.05, 4.69) is 19.9 Å². The van der Waals surface area contributed by atoms with Crippen molar-refractivity contribution in [1.82, 2.24) is 0 Å². The third kappa shape index (κ3) is 2.52. The van der Waals surface area contributed by atoms with Gasteiger partial charge in [0, 0.05) is 13.0 Å². The average Bonchev–Trinajstić information content (AvgIpc) is 2.35. The van der Waals surface area contributed by atoms with Crippen LogP contribution in [-0.4, -0.2) is 26.3 Å². The van der Waals surface area contributed by atoms with E-state index in [9.17, 15) is 4.79 Å². The number of aldehydes is 1. The summed E-state index contributed by atoms with van der Waals surface area (Å²) in [7, 11) is 1.62. The molecule has 0 N–H and O–H groups in total. The van der Waals surface area contributed by atoms with Crippen molar-refractivity contribution in [3.8, 4) is 0 Å². The molecule has 0 aliphatic heterocycles. The Morgan fingerprint density at radius 2 is 2.22 bits per heavy atom. The number of hydrogen-bond acceptors (Lipinski definition) is 3. The molecule has 0 aromatic carbocycles. The SMILES string of the molecule is COCO[C@H]1C2=CCCC(C)(C)[C@H]2CC[C@@H]1C=O. The minimum Gasteiger partial charge on any atom is -0.359 e. The summed E-state index contributed by atoms with van der Waals surface area (Å²) in [5.41, 5.74) is 1.67. The molecule has 3 atom stereocenters. The number of allylic oxidation sites excluding steroid dienone is 1. The van der Waals surface area contributed by atoms with Crippen molar-refractivity contribution < 1.29 is 14.3 Å². The van der Waals surface area contributed by atoms with Crippen LogP contribution in [0.5, 0.6) is 0 Å². The molecule has 18 heavy (non-hydrogen) atoms. The second-order valence-electron chi connectivity index (χ2n) is 6.16. The van der Waals surface area contributed by atoms with Crippen molar-refractivity contribution in [2.75, 3.05) is 13.9 Å². The predicted molar refractivity (Wildman–Crippen MR) is 70.1 cm³/mol. The molecule has 2 aliphatic rings. The minimum atomic E-state index is -0.0687. The van der Waals surface area contributed by atoms with Crippen molar-refractivity contribution >= 4 is 6.29 Å². The number of carbonyl (C=O) groups is 1. The Morgan fingerprint density at radius 3 is 2.89 bits per heavy atom. The summed E-state index contributed by atoms with van der Waals surface area (Å²) in [6, 6.07) is 0. The first kappa shape index (κ1) is 13.8. The Hall–Kier alpha value is -0.670. The molecule has 0 radical (unpaired) electrons. The number of fused-ring (bicyclic) bond motifs is 1. The summed E-state index contributed by atoms with van der Waals surface area (Å²) >= 11 is 0. The van der Waals surface area contributed by atoms with Crippen molar-refractivity contribution in [1.29, 1.82) is 0 Å². The average molecular weight is 252 g/mol. The fraction of sp³-hybridized carbons (Fsp3) is 0.800. The summed E-state index contributed by atoms with van der Waals surface area (Å²) < 4.78 is 10.8. The monoisotopic (exact) mass is 252 g/mol. The highest BCUT2D eigenvalue weighted by atomic mass is 16.7. The van der Waals surface area contributed by atoms with E-state index in [0.717, 1.165) is 25.5 Å². The Balaban J connectivity index is 2.21. The van der Waals surface area contributed by atoms with Gasteiger partial charge in [0.15, 0.2) is 0 Å². The van der Waals surface area contributed by atoms with Crippen LogP contribution in [-0.2, 0) is 14.3 Å². The molecule has 1 saturated carbocycles. The van der Waals surface area contributed by atoms with E-state index in [0.29, 0.717) is 11.3 Å². The quantitative estimate of drug-likeness (QED) is 0.438. The van der Waals surface area contributed by atoms with Crippen LogP contribution in [0.2, 0.25) is 0 Å². The van der Waals surface area contributed by atoms with Gasteiger partial charge in [-0.3, -0.25) is 0 Å². The van der Waals surface area contributed by atoms with E-state index >= 15 is 0 Å². The van der Waals surface area contributed by atoms with Gasteiger partial charge in [-0.2, -0.15) is 0 Å². The summed E-state index contributed by atoms with van der Waals surface area (Å²) in [6.45, 7) is 4.93. The lowest BCUT2D eigenvalue weighted by atomic mass is 9.61. The van der Waals surface area contributed by atoms with E-state index in [-0.39, 0.29) is 18.8 Å². The molecule has 2 rings (SSSR count). The van der Waals surface area contributed by atoms with Crippen LogP contribution in [0.1, 0.15) is 39.5 Å². The van der Waals surface area contributed by atoms with Gasteiger partial charge in [-0.25, -0.2) is 0 Å². The highest BCUT2D eigenvalue weighted by Crippen LogP contribution is 2.49. The Kier molecular flexibility index (Phi) is 4.23. The number of methoxy groups -OCH3 is 1. The highest BCUT2D eigenvalue weighted by Gasteiger charge is 2.43. The first-order valence-corrected chi connectivity index (χ1v) is 6.86. The first-order valence-electron chi connectivity index (χ1n) is 6.86. The van der Waals surface area contributed by atoms with E-state index in [1.165, 1.54) is 12.0 Å². The topological polar surface area (TPSA) is 35.5 Å².